The molecule has 0 saturated heterocycles. The van der Waals surface area contributed by atoms with Gasteiger partial charge in [-0.1, -0.05) is 0 Å². The molecule has 2 aromatic rings. The van der Waals surface area contributed by atoms with Gasteiger partial charge in [0, 0.05) is 14.8 Å². The molecule has 94 valence electrons. The van der Waals surface area contributed by atoms with Crippen molar-refractivity contribution in [2.45, 2.75) is 13.5 Å². The number of furan rings is 1. The number of anilines is 1. The maximum Gasteiger partial charge on any atom is 0.251 e. The van der Waals surface area contributed by atoms with E-state index in [1.54, 1.807) is 12.1 Å². The summed E-state index contributed by atoms with van der Waals surface area (Å²) in [6.45, 7) is 2.24. The third kappa shape index (κ3) is 3.25. The van der Waals surface area contributed by atoms with E-state index in [0.29, 0.717) is 17.8 Å². The van der Waals surface area contributed by atoms with E-state index in [2.05, 4.69) is 27.9 Å². The first-order chi connectivity index (χ1) is 8.54. The molecule has 1 aromatic heterocycles. The Hall–Kier alpha value is -1.50. The molecule has 4 nitrogen and oxygen atoms in total. The Labute approximate surface area is 119 Å². The molecule has 0 aliphatic rings. The number of nitrogen functional groups attached to an aromatic ring is 1. The second-order valence-corrected chi connectivity index (χ2v) is 5.21. The summed E-state index contributed by atoms with van der Waals surface area (Å²) in [5.41, 5.74) is 6.85. The lowest BCUT2D eigenvalue weighted by atomic mass is 10.2. The van der Waals surface area contributed by atoms with Crippen LogP contribution in [0.15, 0.2) is 34.7 Å². The number of rotatable bonds is 3. The Morgan fingerprint density at radius 3 is 2.78 bits per heavy atom. The van der Waals surface area contributed by atoms with E-state index in [0.717, 1.165) is 15.1 Å². The van der Waals surface area contributed by atoms with Gasteiger partial charge in [0.15, 0.2) is 0 Å². The number of nitrogens with one attached hydrogen (secondary N) is 1. The van der Waals surface area contributed by atoms with Crippen molar-refractivity contribution in [3.63, 3.8) is 0 Å². The lowest BCUT2D eigenvalue weighted by Crippen LogP contribution is -2.22. The molecule has 0 unspecified atom stereocenters. The molecule has 1 amide bonds. The molecule has 2 rings (SSSR count). The molecule has 18 heavy (non-hydrogen) atoms. The van der Waals surface area contributed by atoms with E-state index >= 15 is 0 Å². The number of carbonyl (C=O) groups excluding carboxylic acids is 1. The van der Waals surface area contributed by atoms with Crippen LogP contribution in [0.4, 0.5) is 5.69 Å². The molecular weight excluding hydrogens is 343 g/mol. The fourth-order valence-electron chi connectivity index (χ4n) is 1.59. The predicted molar refractivity (Wildman–Crippen MR) is 78.2 cm³/mol. The van der Waals surface area contributed by atoms with Crippen molar-refractivity contribution >= 4 is 34.2 Å². The molecule has 3 N–H and O–H groups in total. The van der Waals surface area contributed by atoms with E-state index in [1.165, 1.54) is 0 Å². The predicted octanol–water partition coefficient (Wildman–Crippen LogP) is 2.70. The zero-order valence-corrected chi connectivity index (χ0v) is 12.0. The monoisotopic (exact) mass is 356 g/mol. The van der Waals surface area contributed by atoms with Gasteiger partial charge in [-0.3, -0.25) is 4.79 Å². The standard InChI is InChI=1S/C13H13IN2O2/c1-8-2-3-12(18-8)7-16-13(17)9-4-10(14)6-11(15)5-9/h2-6H,7,15H2,1H3,(H,16,17). The first-order valence-corrected chi connectivity index (χ1v) is 6.52. The Bertz CT molecular complexity index is 558. The molecule has 0 aliphatic heterocycles. The zero-order chi connectivity index (χ0) is 13.1. The first kappa shape index (κ1) is 12.9. The summed E-state index contributed by atoms with van der Waals surface area (Å²) in [4.78, 5) is 11.9. The summed E-state index contributed by atoms with van der Waals surface area (Å²) in [7, 11) is 0. The summed E-state index contributed by atoms with van der Waals surface area (Å²) in [5.74, 6) is 1.41. The fraction of sp³-hybridized carbons (Fsp3) is 0.154. The largest absolute Gasteiger partial charge is 0.465 e. The molecular formula is C13H13IN2O2. The van der Waals surface area contributed by atoms with Crippen LogP contribution in [0.5, 0.6) is 0 Å². The molecule has 0 radical (unpaired) electrons. The molecule has 0 fully saturated rings. The lowest BCUT2D eigenvalue weighted by Gasteiger charge is -2.05. The van der Waals surface area contributed by atoms with Gasteiger partial charge in [-0.15, -0.1) is 0 Å². The van der Waals surface area contributed by atoms with Crippen molar-refractivity contribution in [2.24, 2.45) is 0 Å². The first-order valence-electron chi connectivity index (χ1n) is 5.44. The molecule has 0 spiro atoms. The molecule has 0 aliphatic carbocycles. The SMILES string of the molecule is Cc1ccc(CNC(=O)c2cc(N)cc(I)c2)o1. The molecule has 0 bridgehead atoms. The van der Waals surface area contributed by atoms with Crippen LogP contribution < -0.4 is 11.1 Å². The van der Waals surface area contributed by atoms with Crippen LogP contribution in [0.1, 0.15) is 21.9 Å². The number of halogens is 1. The van der Waals surface area contributed by atoms with E-state index < -0.39 is 0 Å². The number of aryl methyl sites for hydroxylation is 1. The number of hydrogen-bond donors (Lipinski definition) is 2. The molecule has 0 atom stereocenters. The van der Waals surface area contributed by atoms with Gasteiger partial charge in [-0.25, -0.2) is 0 Å². The highest BCUT2D eigenvalue weighted by Gasteiger charge is 2.08. The van der Waals surface area contributed by atoms with Gasteiger partial charge >= 0.3 is 0 Å². The molecule has 0 saturated carbocycles. The van der Waals surface area contributed by atoms with Crippen molar-refractivity contribution in [3.8, 4) is 0 Å². The van der Waals surface area contributed by atoms with Gasteiger partial charge in [0.2, 0.25) is 0 Å². The maximum atomic E-state index is 11.9. The Balaban J connectivity index is 2.03. The highest BCUT2D eigenvalue weighted by molar-refractivity contribution is 14.1. The summed E-state index contributed by atoms with van der Waals surface area (Å²) >= 11 is 2.13. The van der Waals surface area contributed by atoms with E-state index in [-0.39, 0.29) is 5.91 Å². The summed E-state index contributed by atoms with van der Waals surface area (Å²) in [6.07, 6.45) is 0. The zero-order valence-electron chi connectivity index (χ0n) is 9.87. The normalized spacial score (nSPS) is 10.3. The van der Waals surface area contributed by atoms with Crippen LogP contribution in [-0.4, -0.2) is 5.91 Å². The minimum Gasteiger partial charge on any atom is -0.465 e. The van der Waals surface area contributed by atoms with Crippen molar-refractivity contribution in [1.29, 1.82) is 0 Å². The van der Waals surface area contributed by atoms with Crippen molar-refractivity contribution in [2.75, 3.05) is 5.73 Å². The van der Waals surface area contributed by atoms with Gasteiger partial charge < -0.3 is 15.5 Å². The summed E-state index contributed by atoms with van der Waals surface area (Å²) in [6, 6.07) is 8.97. The molecule has 1 heterocycles. The molecule has 5 heteroatoms. The number of nitrogens with two attached hydrogens (primary N) is 1. The van der Waals surface area contributed by atoms with Gasteiger partial charge in [0.1, 0.15) is 11.5 Å². The van der Waals surface area contributed by atoms with Crippen LogP contribution >= 0.6 is 22.6 Å². The van der Waals surface area contributed by atoms with Crippen molar-refractivity contribution in [3.05, 3.63) is 51.0 Å². The number of hydrogen-bond acceptors (Lipinski definition) is 3. The second kappa shape index (κ2) is 5.43. The van der Waals surface area contributed by atoms with E-state index in [1.807, 2.05) is 25.1 Å². The smallest absolute Gasteiger partial charge is 0.251 e. The lowest BCUT2D eigenvalue weighted by molar-refractivity contribution is 0.0948. The fourth-order valence-corrected chi connectivity index (χ4v) is 2.29. The van der Waals surface area contributed by atoms with Gasteiger partial charge in [0.25, 0.3) is 5.91 Å². The van der Waals surface area contributed by atoms with Crippen LogP contribution in [0, 0.1) is 10.5 Å². The van der Waals surface area contributed by atoms with Gasteiger partial charge in [-0.2, -0.15) is 0 Å². The van der Waals surface area contributed by atoms with E-state index in [4.69, 9.17) is 10.2 Å². The average Bonchev–Trinajstić information content (AvgIpc) is 2.70. The van der Waals surface area contributed by atoms with Crippen LogP contribution in [0.25, 0.3) is 0 Å². The van der Waals surface area contributed by atoms with Crippen molar-refractivity contribution in [1.82, 2.24) is 5.32 Å². The average molecular weight is 356 g/mol. The third-order valence-electron chi connectivity index (χ3n) is 2.40. The highest BCUT2D eigenvalue weighted by atomic mass is 127. The van der Waals surface area contributed by atoms with Crippen LogP contribution in [-0.2, 0) is 6.54 Å². The molecule has 1 aromatic carbocycles. The topological polar surface area (TPSA) is 68.3 Å². The minimum absolute atomic E-state index is 0.158. The highest BCUT2D eigenvalue weighted by Crippen LogP contribution is 2.14. The minimum atomic E-state index is -0.158. The van der Waals surface area contributed by atoms with Gasteiger partial charge in [-0.05, 0) is 59.8 Å². The maximum absolute atomic E-state index is 11.9. The number of benzene rings is 1. The van der Waals surface area contributed by atoms with Crippen molar-refractivity contribution < 1.29 is 9.21 Å². The van der Waals surface area contributed by atoms with Crippen LogP contribution in [0.2, 0.25) is 0 Å². The van der Waals surface area contributed by atoms with Crippen LogP contribution in [0.3, 0.4) is 0 Å². The third-order valence-corrected chi connectivity index (χ3v) is 3.02. The quantitative estimate of drug-likeness (QED) is 0.656. The second-order valence-electron chi connectivity index (χ2n) is 3.97. The Morgan fingerprint density at radius 2 is 2.17 bits per heavy atom. The summed E-state index contributed by atoms with van der Waals surface area (Å²) < 4.78 is 6.31. The van der Waals surface area contributed by atoms with E-state index in [9.17, 15) is 4.79 Å². The Kier molecular flexibility index (Phi) is 3.90. The van der Waals surface area contributed by atoms with Gasteiger partial charge in [0.05, 0.1) is 6.54 Å². The summed E-state index contributed by atoms with van der Waals surface area (Å²) in [5, 5.41) is 2.79. The Morgan fingerprint density at radius 1 is 1.39 bits per heavy atom. The number of carbonyl (C=O) groups is 1. The number of amides is 1.